The minimum Gasteiger partial charge on any atom is -0.379 e. The summed E-state index contributed by atoms with van der Waals surface area (Å²) in [6.07, 6.45) is 4.22. The number of rotatable bonds is 5. The number of hydrogen-bond donors (Lipinski definition) is 2. The van der Waals surface area contributed by atoms with Crippen molar-refractivity contribution in [3.05, 3.63) is 52.6 Å². The number of nitrogens with zero attached hydrogens (tertiary/aromatic N) is 3. The second-order valence-corrected chi connectivity index (χ2v) is 4.07. The van der Waals surface area contributed by atoms with Crippen LogP contribution in [0.5, 0.6) is 0 Å². The van der Waals surface area contributed by atoms with E-state index in [0.29, 0.717) is 12.2 Å². The lowest BCUT2D eigenvalue weighted by atomic mass is 10.1. The van der Waals surface area contributed by atoms with Crippen molar-refractivity contribution in [2.75, 3.05) is 17.2 Å². The maximum atomic E-state index is 12.3. The van der Waals surface area contributed by atoms with Crippen molar-refractivity contribution < 1.29 is 9.72 Å². The van der Waals surface area contributed by atoms with Gasteiger partial charge < -0.3 is 10.6 Å². The Morgan fingerprint density at radius 3 is 2.67 bits per heavy atom. The van der Waals surface area contributed by atoms with E-state index in [4.69, 9.17) is 0 Å². The van der Waals surface area contributed by atoms with E-state index in [1.807, 2.05) is 0 Å². The van der Waals surface area contributed by atoms with Gasteiger partial charge in [0.1, 0.15) is 12.0 Å². The molecule has 0 aliphatic rings. The predicted molar refractivity (Wildman–Crippen MR) is 77.2 cm³/mol. The molecule has 0 atom stereocenters. The van der Waals surface area contributed by atoms with Gasteiger partial charge in [-0.05, 0) is 13.0 Å². The van der Waals surface area contributed by atoms with E-state index in [1.54, 1.807) is 6.92 Å². The third-order valence-electron chi connectivity index (χ3n) is 2.66. The van der Waals surface area contributed by atoms with Crippen LogP contribution in [-0.2, 0) is 0 Å². The molecule has 0 aliphatic carbocycles. The van der Waals surface area contributed by atoms with Gasteiger partial charge >= 0.3 is 0 Å². The Hall–Kier alpha value is -3.03. The molecule has 2 aromatic rings. The van der Waals surface area contributed by atoms with Crippen molar-refractivity contribution in [3.8, 4) is 0 Å². The molecule has 8 nitrogen and oxygen atoms in total. The molecule has 0 spiro atoms. The summed E-state index contributed by atoms with van der Waals surface area (Å²) in [6.45, 7) is 2.25. The van der Waals surface area contributed by atoms with E-state index in [9.17, 15) is 14.9 Å². The van der Waals surface area contributed by atoms with Crippen LogP contribution in [0.4, 0.5) is 17.1 Å². The fraction of sp³-hybridized carbons (Fsp3) is 0.154. The van der Waals surface area contributed by atoms with E-state index in [1.165, 1.54) is 36.9 Å². The number of hydrogen-bond acceptors (Lipinski definition) is 6. The first kappa shape index (κ1) is 14.4. The maximum absolute atomic E-state index is 12.3. The van der Waals surface area contributed by atoms with Gasteiger partial charge in [-0.3, -0.25) is 14.9 Å². The second kappa shape index (κ2) is 6.42. The normalized spacial score (nSPS) is 9.95. The van der Waals surface area contributed by atoms with E-state index in [2.05, 4.69) is 20.6 Å². The van der Waals surface area contributed by atoms with Crippen LogP contribution in [0.2, 0.25) is 0 Å². The highest BCUT2D eigenvalue weighted by molar-refractivity contribution is 6.09. The van der Waals surface area contributed by atoms with E-state index in [0.717, 1.165) is 0 Å². The third kappa shape index (κ3) is 3.30. The van der Waals surface area contributed by atoms with Crippen molar-refractivity contribution in [3.63, 3.8) is 0 Å². The lowest BCUT2D eigenvalue weighted by Crippen LogP contribution is -2.16. The largest absolute Gasteiger partial charge is 0.379 e. The lowest BCUT2D eigenvalue weighted by Gasteiger charge is -2.11. The highest BCUT2D eigenvalue weighted by Gasteiger charge is 2.21. The summed E-state index contributed by atoms with van der Waals surface area (Å²) in [6, 6.07) is 4.33. The van der Waals surface area contributed by atoms with Gasteiger partial charge in [-0.15, -0.1) is 0 Å². The zero-order valence-corrected chi connectivity index (χ0v) is 11.2. The average Bonchev–Trinajstić information content (AvgIpc) is 2.48. The zero-order chi connectivity index (χ0) is 15.2. The highest BCUT2D eigenvalue weighted by atomic mass is 16.6. The summed E-state index contributed by atoms with van der Waals surface area (Å²) in [4.78, 5) is 30.3. The SMILES string of the molecule is CCNc1c(C(=O)Nc2cncnc2)cccc1[N+](=O)[O-]. The van der Waals surface area contributed by atoms with Crippen LogP contribution in [-0.4, -0.2) is 27.3 Å². The van der Waals surface area contributed by atoms with Crippen molar-refractivity contribution >= 4 is 23.0 Å². The second-order valence-electron chi connectivity index (χ2n) is 4.07. The number of anilines is 2. The summed E-state index contributed by atoms with van der Waals surface area (Å²) in [5.74, 6) is -0.468. The molecule has 2 rings (SSSR count). The molecule has 0 saturated heterocycles. The Balaban J connectivity index is 2.36. The fourth-order valence-electron chi connectivity index (χ4n) is 1.81. The number of nitro benzene ring substituents is 1. The van der Waals surface area contributed by atoms with Gasteiger partial charge in [-0.25, -0.2) is 9.97 Å². The fourth-order valence-corrected chi connectivity index (χ4v) is 1.81. The molecule has 1 heterocycles. The Kier molecular flexibility index (Phi) is 4.39. The minimum absolute atomic E-state index is 0.145. The molecule has 0 radical (unpaired) electrons. The summed E-state index contributed by atoms with van der Waals surface area (Å²) in [7, 11) is 0. The van der Waals surface area contributed by atoms with Crippen LogP contribution in [0.25, 0.3) is 0 Å². The van der Waals surface area contributed by atoms with Gasteiger partial charge in [-0.1, -0.05) is 6.07 Å². The Morgan fingerprint density at radius 2 is 2.05 bits per heavy atom. The molecule has 1 amide bonds. The number of amides is 1. The Labute approximate surface area is 120 Å². The highest BCUT2D eigenvalue weighted by Crippen LogP contribution is 2.28. The van der Waals surface area contributed by atoms with E-state index < -0.39 is 10.8 Å². The molecule has 0 unspecified atom stereocenters. The smallest absolute Gasteiger partial charge is 0.293 e. The van der Waals surface area contributed by atoms with E-state index in [-0.39, 0.29) is 16.9 Å². The summed E-state index contributed by atoms with van der Waals surface area (Å²) < 4.78 is 0. The molecule has 2 N–H and O–H groups in total. The number of carbonyl (C=O) groups is 1. The summed E-state index contributed by atoms with van der Waals surface area (Å²) in [5.41, 5.74) is 0.652. The number of carbonyl (C=O) groups excluding carboxylic acids is 1. The summed E-state index contributed by atoms with van der Waals surface area (Å²) in [5, 5.41) is 16.5. The molecular weight excluding hydrogens is 274 g/mol. The molecule has 0 fully saturated rings. The number of nitro groups is 1. The molecule has 1 aromatic heterocycles. The number of nitrogens with one attached hydrogen (secondary N) is 2. The van der Waals surface area contributed by atoms with E-state index >= 15 is 0 Å². The van der Waals surface area contributed by atoms with Crippen molar-refractivity contribution in [1.29, 1.82) is 0 Å². The predicted octanol–water partition coefficient (Wildman–Crippen LogP) is 2.07. The molecule has 8 heteroatoms. The molecule has 0 bridgehead atoms. The summed E-state index contributed by atoms with van der Waals surface area (Å²) >= 11 is 0. The Morgan fingerprint density at radius 1 is 1.33 bits per heavy atom. The standard InChI is InChI=1S/C13H13N5O3/c1-2-16-12-10(4-3-5-11(12)18(20)21)13(19)17-9-6-14-8-15-7-9/h3-8,16H,2H2,1H3,(H,17,19). The first-order valence-electron chi connectivity index (χ1n) is 6.21. The van der Waals surface area contributed by atoms with Crippen LogP contribution in [0.1, 0.15) is 17.3 Å². The lowest BCUT2D eigenvalue weighted by molar-refractivity contribution is -0.384. The van der Waals surface area contributed by atoms with Crippen molar-refractivity contribution in [2.24, 2.45) is 0 Å². The molecule has 0 saturated carbocycles. The van der Waals surface area contributed by atoms with Crippen LogP contribution in [0.3, 0.4) is 0 Å². The third-order valence-corrected chi connectivity index (χ3v) is 2.66. The quantitative estimate of drug-likeness (QED) is 0.643. The van der Waals surface area contributed by atoms with Gasteiger partial charge in [0.25, 0.3) is 11.6 Å². The molecule has 108 valence electrons. The maximum Gasteiger partial charge on any atom is 0.293 e. The minimum atomic E-state index is -0.527. The molecule has 0 aliphatic heterocycles. The molecular formula is C13H13N5O3. The first-order chi connectivity index (χ1) is 10.1. The van der Waals surface area contributed by atoms with Gasteiger partial charge in [0, 0.05) is 12.6 Å². The number of para-hydroxylation sites is 1. The van der Waals surface area contributed by atoms with Gasteiger partial charge in [0.2, 0.25) is 0 Å². The molecule has 21 heavy (non-hydrogen) atoms. The van der Waals surface area contributed by atoms with Crippen molar-refractivity contribution in [1.82, 2.24) is 9.97 Å². The topological polar surface area (TPSA) is 110 Å². The van der Waals surface area contributed by atoms with Crippen LogP contribution >= 0.6 is 0 Å². The van der Waals surface area contributed by atoms with Gasteiger partial charge in [-0.2, -0.15) is 0 Å². The van der Waals surface area contributed by atoms with Crippen molar-refractivity contribution in [2.45, 2.75) is 6.92 Å². The Bertz CT molecular complexity index is 660. The number of benzene rings is 1. The van der Waals surface area contributed by atoms with Crippen LogP contribution < -0.4 is 10.6 Å². The van der Waals surface area contributed by atoms with Crippen LogP contribution in [0.15, 0.2) is 36.9 Å². The molecule has 1 aromatic carbocycles. The first-order valence-corrected chi connectivity index (χ1v) is 6.21. The number of aromatic nitrogens is 2. The van der Waals surface area contributed by atoms with Crippen LogP contribution in [0, 0.1) is 10.1 Å². The average molecular weight is 287 g/mol. The monoisotopic (exact) mass is 287 g/mol. The zero-order valence-electron chi connectivity index (χ0n) is 11.2. The van der Waals surface area contributed by atoms with Gasteiger partial charge in [0.15, 0.2) is 0 Å². The van der Waals surface area contributed by atoms with Gasteiger partial charge in [0.05, 0.1) is 28.6 Å².